The molecular formula is C16H15FN2O3. The molecule has 0 saturated carbocycles. The van der Waals surface area contributed by atoms with Gasteiger partial charge in [-0.15, -0.1) is 0 Å². The van der Waals surface area contributed by atoms with Gasteiger partial charge in [0.25, 0.3) is 5.91 Å². The van der Waals surface area contributed by atoms with Crippen LogP contribution in [-0.2, 0) is 4.74 Å². The predicted molar refractivity (Wildman–Crippen MR) is 78.4 cm³/mol. The average molecular weight is 302 g/mol. The Kier molecular flexibility index (Phi) is 4.29. The van der Waals surface area contributed by atoms with E-state index in [2.05, 4.69) is 10.3 Å². The van der Waals surface area contributed by atoms with E-state index in [0.717, 1.165) is 6.42 Å². The van der Waals surface area contributed by atoms with Crippen molar-refractivity contribution in [1.82, 2.24) is 4.98 Å². The molecule has 1 fully saturated rings. The molecule has 2 heterocycles. The number of ether oxygens (including phenoxy) is 2. The molecule has 6 heteroatoms. The molecule has 5 nitrogen and oxygen atoms in total. The highest BCUT2D eigenvalue weighted by Gasteiger charge is 2.18. The van der Waals surface area contributed by atoms with E-state index in [4.69, 9.17) is 9.47 Å². The van der Waals surface area contributed by atoms with Crippen LogP contribution in [0.4, 0.5) is 10.1 Å². The normalized spacial score (nSPS) is 17.2. The fourth-order valence-electron chi connectivity index (χ4n) is 2.15. The van der Waals surface area contributed by atoms with Crippen LogP contribution in [0.1, 0.15) is 16.8 Å². The minimum absolute atomic E-state index is 0.0441. The highest BCUT2D eigenvalue weighted by Crippen LogP contribution is 2.18. The Morgan fingerprint density at radius 2 is 2.23 bits per heavy atom. The Hall–Kier alpha value is -2.47. The largest absolute Gasteiger partial charge is 0.472 e. The van der Waals surface area contributed by atoms with E-state index < -0.39 is 11.7 Å². The Bertz CT molecular complexity index is 672. The molecule has 1 atom stereocenters. The maximum Gasteiger partial charge on any atom is 0.255 e. The summed E-state index contributed by atoms with van der Waals surface area (Å²) in [5, 5.41) is 2.53. The fourth-order valence-corrected chi connectivity index (χ4v) is 2.15. The molecule has 0 spiro atoms. The van der Waals surface area contributed by atoms with Gasteiger partial charge in [0, 0.05) is 24.2 Å². The molecule has 114 valence electrons. The van der Waals surface area contributed by atoms with Crippen LogP contribution in [0.15, 0.2) is 42.6 Å². The van der Waals surface area contributed by atoms with Crippen LogP contribution in [0.5, 0.6) is 5.88 Å². The molecule has 0 bridgehead atoms. The van der Waals surface area contributed by atoms with Crippen molar-refractivity contribution in [3.05, 3.63) is 54.0 Å². The molecule has 0 radical (unpaired) electrons. The SMILES string of the molecule is O=C(Nc1ccccc1F)c1ccnc(OC2CCOC2)c1. The topological polar surface area (TPSA) is 60.5 Å². The van der Waals surface area contributed by atoms with Gasteiger partial charge in [0.1, 0.15) is 11.9 Å². The van der Waals surface area contributed by atoms with Gasteiger partial charge in [-0.3, -0.25) is 4.79 Å². The third-order valence-electron chi connectivity index (χ3n) is 3.29. The van der Waals surface area contributed by atoms with Gasteiger partial charge in [-0.1, -0.05) is 12.1 Å². The zero-order chi connectivity index (χ0) is 15.4. The van der Waals surface area contributed by atoms with E-state index in [0.29, 0.717) is 24.7 Å². The van der Waals surface area contributed by atoms with Crippen molar-refractivity contribution in [3.63, 3.8) is 0 Å². The second-order valence-electron chi connectivity index (χ2n) is 4.92. The second-order valence-corrected chi connectivity index (χ2v) is 4.92. The molecule has 1 aliphatic heterocycles. The van der Waals surface area contributed by atoms with Crippen molar-refractivity contribution < 1.29 is 18.7 Å². The van der Waals surface area contributed by atoms with E-state index in [1.54, 1.807) is 18.2 Å². The van der Waals surface area contributed by atoms with E-state index >= 15 is 0 Å². The molecule has 22 heavy (non-hydrogen) atoms. The van der Waals surface area contributed by atoms with Crippen molar-refractivity contribution in [2.45, 2.75) is 12.5 Å². The molecule has 1 aromatic heterocycles. The number of carbonyl (C=O) groups excluding carboxylic acids is 1. The molecule has 1 aliphatic rings. The summed E-state index contributed by atoms with van der Waals surface area (Å²) in [7, 11) is 0. The van der Waals surface area contributed by atoms with Crippen molar-refractivity contribution >= 4 is 11.6 Å². The lowest BCUT2D eigenvalue weighted by atomic mass is 10.2. The van der Waals surface area contributed by atoms with Gasteiger partial charge < -0.3 is 14.8 Å². The van der Waals surface area contributed by atoms with Gasteiger partial charge in [0.05, 0.1) is 18.9 Å². The Labute approximate surface area is 127 Å². The third kappa shape index (κ3) is 3.40. The summed E-state index contributed by atoms with van der Waals surface area (Å²) >= 11 is 0. The van der Waals surface area contributed by atoms with Gasteiger partial charge in [-0.2, -0.15) is 0 Å². The second kappa shape index (κ2) is 6.53. The fraction of sp³-hybridized carbons (Fsp3) is 0.250. The van der Waals surface area contributed by atoms with Crippen LogP contribution in [-0.4, -0.2) is 30.2 Å². The van der Waals surface area contributed by atoms with Gasteiger partial charge >= 0.3 is 0 Å². The first kappa shape index (κ1) is 14.5. The number of benzene rings is 1. The summed E-state index contributed by atoms with van der Waals surface area (Å²) in [5.41, 5.74) is 0.489. The van der Waals surface area contributed by atoms with E-state index in [9.17, 15) is 9.18 Å². The molecule has 0 aliphatic carbocycles. The number of aromatic nitrogens is 1. The molecule has 1 unspecified atom stereocenters. The molecule has 1 saturated heterocycles. The zero-order valence-corrected chi connectivity index (χ0v) is 11.8. The lowest BCUT2D eigenvalue weighted by Crippen LogP contribution is -2.17. The van der Waals surface area contributed by atoms with Gasteiger partial charge in [0.2, 0.25) is 5.88 Å². The summed E-state index contributed by atoms with van der Waals surface area (Å²) in [6.45, 7) is 1.19. The molecule has 1 amide bonds. The molecule has 1 aromatic carbocycles. The maximum absolute atomic E-state index is 13.5. The molecular weight excluding hydrogens is 287 g/mol. The molecule has 1 N–H and O–H groups in total. The number of nitrogens with zero attached hydrogens (tertiary/aromatic N) is 1. The first-order valence-corrected chi connectivity index (χ1v) is 6.99. The van der Waals surface area contributed by atoms with Crippen LogP contribution in [0.3, 0.4) is 0 Å². The Balaban J connectivity index is 1.71. The number of halogens is 1. The highest BCUT2D eigenvalue weighted by molar-refractivity contribution is 6.04. The number of amides is 1. The number of pyridine rings is 1. The average Bonchev–Trinajstić information content (AvgIpc) is 3.03. The van der Waals surface area contributed by atoms with Crippen molar-refractivity contribution in [3.8, 4) is 5.88 Å². The zero-order valence-electron chi connectivity index (χ0n) is 11.8. The number of carbonyl (C=O) groups is 1. The lowest BCUT2D eigenvalue weighted by molar-refractivity contribution is 0.102. The first-order valence-electron chi connectivity index (χ1n) is 6.99. The smallest absolute Gasteiger partial charge is 0.255 e. The van der Waals surface area contributed by atoms with Crippen LogP contribution in [0.25, 0.3) is 0 Å². The minimum atomic E-state index is -0.482. The van der Waals surface area contributed by atoms with Crippen LogP contribution in [0, 0.1) is 5.82 Å². The van der Waals surface area contributed by atoms with Crippen molar-refractivity contribution in [2.24, 2.45) is 0 Å². The number of hydrogen-bond acceptors (Lipinski definition) is 4. The number of anilines is 1. The van der Waals surface area contributed by atoms with Crippen LogP contribution >= 0.6 is 0 Å². The van der Waals surface area contributed by atoms with Crippen LogP contribution < -0.4 is 10.1 Å². The summed E-state index contributed by atoms with van der Waals surface area (Å²) in [6.07, 6.45) is 2.24. The summed E-state index contributed by atoms with van der Waals surface area (Å²) in [5.74, 6) is -0.541. The number of para-hydroxylation sites is 1. The van der Waals surface area contributed by atoms with E-state index in [1.165, 1.54) is 24.4 Å². The quantitative estimate of drug-likeness (QED) is 0.943. The molecule has 3 rings (SSSR count). The van der Waals surface area contributed by atoms with Crippen LogP contribution in [0.2, 0.25) is 0 Å². The Morgan fingerprint density at radius 1 is 1.36 bits per heavy atom. The molecule has 2 aromatic rings. The number of rotatable bonds is 4. The monoisotopic (exact) mass is 302 g/mol. The summed E-state index contributed by atoms with van der Waals surface area (Å²) in [6, 6.07) is 9.09. The predicted octanol–water partition coefficient (Wildman–Crippen LogP) is 2.64. The standard InChI is InChI=1S/C16H15FN2O3/c17-13-3-1-2-4-14(13)19-16(20)11-5-7-18-15(9-11)22-12-6-8-21-10-12/h1-5,7,9,12H,6,8,10H2,(H,19,20). The van der Waals surface area contributed by atoms with Gasteiger partial charge in [-0.25, -0.2) is 9.37 Å². The first-order chi connectivity index (χ1) is 10.7. The maximum atomic E-state index is 13.5. The minimum Gasteiger partial charge on any atom is -0.472 e. The number of hydrogen-bond donors (Lipinski definition) is 1. The summed E-state index contributed by atoms with van der Waals surface area (Å²) in [4.78, 5) is 16.2. The summed E-state index contributed by atoms with van der Waals surface area (Å²) < 4.78 is 24.4. The lowest BCUT2D eigenvalue weighted by Gasteiger charge is -2.11. The van der Waals surface area contributed by atoms with Gasteiger partial charge in [0.15, 0.2) is 0 Å². The van der Waals surface area contributed by atoms with E-state index in [-0.39, 0.29) is 11.8 Å². The number of nitrogens with one attached hydrogen (secondary N) is 1. The van der Waals surface area contributed by atoms with Gasteiger partial charge in [-0.05, 0) is 18.2 Å². The third-order valence-corrected chi connectivity index (χ3v) is 3.29. The Morgan fingerprint density at radius 3 is 3.00 bits per heavy atom. The highest BCUT2D eigenvalue weighted by atomic mass is 19.1. The van der Waals surface area contributed by atoms with E-state index in [1.807, 2.05) is 0 Å². The van der Waals surface area contributed by atoms with Crippen molar-refractivity contribution in [2.75, 3.05) is 18.5 Å². The van der Waals surface area contributed by atoms with Crippen molar-refractivity contribution in [1.29, 1.82) is 0 Å².